The molecule has 0 bridgehead atoms. The van der Waals surface area contributed by atoms with E-state index in [4.69, 9.17) is 10.1 Å². The van der Waals surface area contributed by atoms with Gasteiger partial charge in [0.05, 0.1) is 4.92 Å². The van der Waals surface area contributed by atoms with Crippen LogP contribution in [0, 0.1) is 10.1 Å². The van der Waals surface area contributed by atoms with Crippen LogP contribution < -0.4 is 0 Å². The molecule has 0 saturated carbocycles. The van der Waals surface area contributed by atoms with Gasteiger partial charge in [-0.15, -0.1) is 4.94 Å². The number of hydrogen-bond donors (Lipinski definition) is 0. The molecule has 0 unspecified atom stereocenters. The van der Waals surface area contributed by atoms with Crippen molar-refractivity contribution in [1.29, 1.82) is 0 Å². The Bertz CT molecular complexity index is 54.8. The Morgan fingerprint density at radius 3 is 2.50 bits per heavy atom. The molecule has 0 aromatic carbocycles. The summed E-state index contributed by atoms with van der Waals surface area (Å²) in [5, 5.41) is 9.04. The third kappa shape index (κ3) is 3.29. The topological polar surface area (TPSA) is 52.4 Å². The van der Waals surface area contributed by atoms with E-state index in [1.165, 1.54) is 0 Å². The van der Waals surface area contributed by atoms with Crippen molar-refractivity contribution in [3.05, 3.63) is 10.1 Å². The quantitative estimate of drug-likeness (QED) is 0.278. The molecule has 0 aliphatic carbocycles. The largest absolute Gasteiger partial charge is 0.338 e. The fourth-order valence-corrected chi connectivity index (χ4v) is 0.0398. The molecule has 4 nitrogen and oxygen atoms in total. The summed E-state index contributed by atoms with van der Waals surface area (Å²) in [7, 11) is 0. The van der Waals surface area contributed by atoms with Gasteiger partial charge in [-0.05, 0) is 4.53 Å². The molecular weight excluding hydrogens is 93.0 g/mol. The van der Waals surface area contributed by atoms with Gasteiger partial charge in [0.2, 0.25) is 0 Å². The van der Waals surface area contributed by atoms with Crippen molar-refractivity contribution in [3.63, 3.8) is 0 Å². The molecule has 0 saturated heterocycles. The standard InChI is InChI=1S/CH2FNO3/c2-6-1-3(4)5/h1H2. The van der Waals surface area contributed by atoms with Crippen LogP contribution in [-0.4, -0.2) is 11.7 Å². The summed E-state index contributed by atoms with van der Waals surface area (Å²) in [6, 6.07) is 0. The molecule has 0 aliphatic heterocycles. The second-order valence-electron chi connectivity index (χ2n) is 0.571. The summed E-state index contributed by atoms with van der Waals surface area (Å²) >= 11 is 0. The van der Waals surface area contributed by atoms with Crippen LogP contribution in [0.5, 0.6) is 0 Å². The lowest BCUT2D eigenvalue weighted by molar-refractivity contribution is -0.550. The third-order valence-corrected chi connectivity index (χ3v) is 0.154. The Morgan fingerprint density at radius 2 is 2.50 bits per heavy atom. The zero-order chi connectivity index (χ0) is 4.99. The molecule has 6 heavy (non-hydrogen) atoms. The number of rotatable bonds is 2. The van der Waals surface area contributed by atoms with Gasteiger partial charge in [-0.25, -0.2) is 0 Å². The molecule has 0 radical (unpaired) electrons. The average Bonchev–Trinajstić information content (AvgIpc) is 1.35. The summed E-state index contributed by atoms with van der Waals surface area (Å²) < 4.78 is 10.3. The highest BCUT2D eigenvalue weighted by molar-refractivity contribution is 3.97. The van der Waals surface area contributed by atoms with E-state index in [-0.39, 0.29) is 0 Å². The molecule has 0 aliphatic rings. The second kappa shape index (κ2) is 2.52. The van der Waals surface area contributed by atoms with Crippen LogP contribution in [0.4, 0.5) is 4.53 Å². The molecule has 0 amide bonds. The van der Waals surface area contributed by atoms with Gasteiger partial charge >= 0.3 is 6.73 Å². The SMILES string of the molecule is O=[N+]([O-])COF. The summed E-state index contributed by atoms with van der Waals surface area (Å²) in [6.45, 7) is -1.07. The van der Waals surface area contributed by atoms with Gasteiger partial charge in [-0.3, -0.25) is 10.1 Å². The van der Waals surface area contributed by atoms with Crippen molar-refractivity contribution < 1.29 is 14.4 Å². The number of hydrogen-bond acceptors (Lipinski definition) is 3. The lowest BCUT2D eigenvalue weighted by Gasteiger charge is -1.78. The van der Waals surface area contributed by atoms with E-state index in [0.717, 1.165) is 0 Å². The van der Waals surface area contributed by atoms with E-state index in [2.05, 4.69) is 4.94 Å². The van der Waals surface area contributed by atoms with Crippen LogP contribution in [0.15, 0.2) is 0 Å². The molecule has 0 rings (SSSR count). The molecule has 0 atom stereocenters. The lowest BCUT2D eigenvalue weighted by Crippen LogP contribution is -1.98. The summed E-state index contributed by atoms with van der Waals surface area (Å²) in [5.41, 5.74) is 0. The number of halogens is 1. The highest BCUT2D eigenvalue weighted by atomic mass is 19.3. The van der Waals surface area contributed by atoms with Crippen LogP contribution in [0.1, 0.15) is 0 Å². The molecular formula is CH2FNO3. The third-order valence-electron chi connectivity index (χ3n) is 0.154. The van der Waals surface area contributed by atoms with E-state index in [9.17, 15) is 4.53 Å². The highest BCUT2D eigenvalue weighted by Crippen LogP contribution is 1.70. The molecule has 0 N–H and O–H groups in total. The molecule has 0 fully saturated rings. The Morgan fingerprint density at radius 1 is 2.00 bits per heavy atom. The molecule has 0 heterocycles. The maximum atomic E-state index is 10.3. The Labute approximate surface area is 32.6 Å². The number of nitrogens with zero attached hydrogens (tertiary/aromatic N) is 1. The fourth-order valence-electron chi connectivity index (χ4n) is 0.0398. The second-order valence-corrected chi connectivity index (χ2v) is 0.571. The predicted octanol–water partition coefficient (Wildman–Crippen LogP) is 0.122. The number of nitro groups is 1. The van der Waals surface area contributed by atoms with Gasteiger partial charge in [0.25, 0.3) is 0 Å². The van der Waals surface area contributed by atoms with E-state index < -0.39 is 11.7 Å². The van der Waals surface area contributed by atoms with Crippen molar-refractivity contribution in [2.75, 3.05) is 6.73 Å². The van der Waals surface area contributed by atoms with Crippen molar-refractivity contribution >= 4 is 0 Å². The van der Waals surface area contributed by atoms with Crippen LogP contribution >= 0.6 is 0 Å². The van der Waals surface area contributed by atoms with E-state index in [1.54, 1.807) is 0 Å². The first kappa shape index (κ1) is 5.29. The maximum Gasteiger partial charge on any atom is 0.338 e. The van der Waals surface area contributed by atoms with Crippen molar-refractivity contribution in [2.45, 2.75) is 0 Å². The van der Waals surface area contributed by atoms with E-state index in [0.29, 0.717) is 0 Å². The van der Waals surface area contributed by atoms with Crippen molar-refractivity contribution in [3.8, 4) is 0 Å². The van der Waals surface area contributed by atoms with Crippen molar-refractivity contribution in [1.82, 2.24) is 0 Å². The van der Waals surface area contributed by atoms with E-state index >= 15 is 0 Å². The minimum absolute atomic E-state index is 0.917. The van der Waals surface area contributed by atoms with Gasteiger partial charge in [-0.2, -0.15) is 0 Å². The zero-order valence-electron chi connectivity index (χ0n) is 2.76. The Kier molecular flexibility index (Phi) is 2.22. The smallest absolute Gasteiger partial charge is 0.262 e. The van der Waals surface area contributed by atoms with Gasteiger partial charge in [0.15, 0.2) is 0 Å². The summed E-state index contributed by atoms with van der Waals surface area (Å²) in [4.78, 5) is 10.7. The highest BCUT2D eigenvalue weighted by Gasteiger charge is 1.89. The molecule has 5 heteroatoms. The Hall–Kier alpha value is -0.710. The summed E-state index contributed by atoms with van der Waals surface area (Å²) in [6.07, 6.45) is 0. The first-order valence-electron chi connectivity index (χ1n) is 1.12. The maximum absolute atomic E-state index is 10.3. The van der Waals surface area contributed by atoms with E-state index in [1.807, 2.05) is 0 Å². The molecule has 36 valence electrons. The van der Waals surface area contributed by atoms with Crippen LogP contribution in [-0.2, 0) is 4.94 Å². The van der Waals surface area contributed by atoms with Gasteiger partial charge in [-0.1, -0.05) is 0 Å². The van der Waals surface area contributed by atoms with Gasteiger partial charge < -0.3 is 0 Å². The van der Waals surface area contributed by atoms with Crippen LogP contribution in [0.25, 0.3) is 0 Å². The minimum atomic E-state index is -1.07. The van der Waals surface area contributed by atoms with Crippen LogP contribution in [0.3, 0.4) is 0 Å². The minimum Gasteiger partial charge on any atom is -0.262 e. The lowest BCUT2D eigenvalue weighted by atomic mass is 11.4. The average molecular weight is 95.0 g/mol. The summed E-state index contributed by atoms with van der Waals surface area (Å²) in [5.74, 6) is 0. The van der Waals surface area contributed by atoms with Crippen molar-refractivity contribution in [2.24, 2.45) is 0 Å². The van der Waals surface area contributed by atoms with Crippen LogP contribution in [0.2, 0.25) is 0 Å². The zero-order valence-corrected chi connectivity index (χ0v) is 2.76. The molecule has 0 aromatic heterocycles. The molecule has 0 spiro atoms. The predicted molar refractivity (Wildman–Crippen MR) is 14.1 cm³/mol. The molecule has 0 aromatic rings. The fraction of sp³-hybridized carbons (Fsp3) is 1.00. The van der Waals surface area contributed by atoms with Gasteiger partial charge in [0, 0.05) is 0 Å². The Balaban J connectivity index is 2.83. The first-order chi connectivity index (χ1) is 2.77. The monoisotopic (exact) mass is 95.0 g/mol. The first-order valence-corrected chi connectivity index (χ1v) is 1.12. The normalized spacial score (nSPS) is 8.17. The van der Waals surface area contributed by atoms with Gasteiger partial charge in [0.1, 0.15) is 0 Å².